The van der Waals surface area contributed by atoms with Crippen LogP contribution in [0.2, 0.25) is 0 Å². The Bertz CT molecular complexity index is 439. The van der Waals surface area contributed by atoms with E-state index < -0.39 is 10.9 Å². The lowest BCUT2D eigenvalue weighted by atomic mass is 10.2. The first-order valence-corrected chi connectivity index (χ1v) is 5.44. The smallest absolute Gasteiger partial charge is 0.272 e. The van der Waals surface area contributed by atoms with Gasteiger partial charge in [0.1, 0.15) is 5.69 Å². The number of hydrogen-bond donors (Lipinski definition) is 0. The maximum atomic E-state index is 11.5. The van der Waals surface area contributed by atoms with Gasteiger partial charge in [-0.15, -0.1) is 0 Å². The minimum Gasteiger partial charge on any atom is -0.485 e. The summed E-state index contributed by atoms with van der Waals surface area (Å²) >= 11 is 0. The van der Waals surface area contributed by atoms with Gasteiger partial charge in [-0.1, -0.05) is 0 Å². The van der Waals surface area contributed by atoms with Crippen molar-refractivity contribution in [2.75, 3.05) is 31.2 Å². The lowest BCUT2D eigenvalue weighted by molar-refractivity contribution is 0.122. The van der Waals surface area contributed by atoms with Crippen molar-refractivity contribution in [1.29, 1.82) is 0 Å². The van der Waals surface area contributed by atoms with E-state index in [1.807, 2.05) is 18.7 Å². The maximum Gasteiger partial charge on any atom is 0.272 e. The second-order valence-corrected chi connectivity index (χ2v) is 4.10. The molecule has 0 unspecified atom stereocenters. The van der Waals surface area contributed by atoms with Crippen LogP contribution in [-0.4, -0.2) is 32.4 Å². The molecule has 0 atom stereocenters. The van der Waals surface area contributed by atoms with Gasteiger partial charge in [0.25, 0.3) is 10.9 Å². The van der Waals surface area contributed by atoms with Crippen molar-refractivity contribution in [1.82, 2.24) is 0 Å². The maximum absolute atomic E-state index is 11.5. The summed E-state index contributed by atoms with van der Waals surface area (Å²) < 4.78 is 10.6. The summed E-state index contributed by atoms with van der Waals surface area (Å²) in [7, 11) is 0. The van der Waals surface area contributed by atoms with E-state index in [1.54, 1.807) is 0 Å². The Hall–Kier alpha value is -1.36. The largest absolute Gasteiger partial charge is 0.485 e. The highest BCUT2D eigenvalue weighted by Crippen LogP contribution is 2.24. The van der Waals surface area contributed by atoms with Crippen LogP contribution in [-0.2, 0) is 4.74 Å². The molecule has 1 aliphatic rings. The van der Waals surface area contributed by atoms with Gasteiger partial charge in [-0.25, -0.2) is 0 Å². The van der Waals surface area contributed by atoms with Crippen LogP contribution in [0.25, 0.3) is 0 Å². The fraction of sp³-hybridized carbons (Fsp3) is 0.636. The van der Waals surface area contributed by atoms with Crippen molar-refractivity contribution in [2.45, 2.75) is 20.0 Å². The van der Waals surface area contributed by atoms with Gasteiger partial charge in [-0.3, -0.25) is 9.59 Å². The molecule has 0 aromatic heterocycles. The van der Waals surface area contributed by atoms with E-state index in [4.69, 9.17) is 9.47 Å². The molecule has 0 N–H and O–H groups in total. The van der Waals surface area contributed by atoms with E-state index in [9.17, 15) is 9.59 Å². The van der Waals surface area contributed by atoms with E-state index in [1.165, 1.54) is 0 Å². The first-order valence-electron chi connectivity index (χ1n) is 5.44. The fourth-order valence-electron chi connectivity index (χ4n) is 1.78. The predicted molar refractivity (Wildman–Crippen MR) is 60.2 cm³/mol. The third-order valence-corrected chi connectivity index (χ3v) is 2.52. The van der Waals surface area contributed by atoms with Gasteiger partial charge in [0, 0.05) is 13.1 Å². The molecule has 1 aromatic carbocycles. The number of ether oxygens (including phenoxy) is 2. The molecule has 88 valence electrons. The highest BCUT2D eigenvalue weighted by Gasteiger charge is 2.28. The third-order valence-electron chi connectivity index (χ3n) is 2.52. The predicted octanol–water partition coefficient (Wildman–Crippen LogP) is -0.0936. The lowest BCUT2D eigenvalue weighted by Crippen LogP contribution is -2.46. The van der Waals surface area contributed by atoms with Crippen LogP contribution >= 0.6 is 0 Å². The fourth-order valence-corrected chi connectivity index (χ4v) is 1.78. The van der Waals surface area contributed by atoms with Crippen LogP contribution in [0.4, 0.5) is 5.69 Å². The van der Waals surface area contributed by atoms with Crippen molar-refractivity contribution >= 4 is 5.69 Å². The van der Waals surface area contributed by atoms with Crippen LogP contribution in [0.1, 0.15) is 13.8 Å². The number of hydrogen-bond acceptors (Lipinski definition) is 5. The summed E-state index contributed by atoms with van der Waals surface area (Å²) in [6, 6.07) is 0. The van der Waals surface area contributed by atoms with Gasteiger partial charge in [0.15, 0.2) is 5.75 Å². The summed E-state index contributed by atoms with van der Waals surface area (Å²) in [6.07, 6.45) is -0.0944. The quantitative estimate of drug-likeness (QED) is 0.673. The molecule has 2 rings (SSSR count). The van der Waals surface area contributed by atoms with E-state index in [0.717, 1.165) is 0 Å². The molecule has 0 spiro atoms. The standard InChI is InChI=1S/C11H15NO4/c1-7(2)16-11-8(9(13)10(11)14)12-3-5-15-6-4-12/h7H,3-6H2,1-2H3. The molecular formula is C11H15NO4. The number of morpholine rings is 1. The zero-order valence-corrected chi connectivity index (χ0v) is 9.49. The molecule has 5 nitrogen and oxygen atoms in total. The lowest BCUT2D eigenvalue weighted by Gasteiger charge is -2.30. The Kier molecular flexibility index (Phi) is 2.96. The Labute approximate surface area is 93.3 Å². The van der Waals surface area contributed by atoms with Gasteiger partial charge in [-0.05, 0) is 13.8 Å². The molecule has 1 aliphatic heterocycles. The molecule has 16 heavy (non-hydrogen) atoms. The first kappa shape index (κ1) is 11.1. The van der Waals surface area contributed by atoms with Crippen molar-refractivity contribution in [3.63, 3.8) is 0 Å². The molecule has 0 radical (unpaired) electrons. The minimum absolute atomic E-state index is 0.0944. The normalized spacial score (nSPS) is 17.1. The molecule has 1 aromatic rings. The Morgan fingerprint density at radius 3 is 2.38 bits per heavy atom. The van der Waals surface area contributed by atoms with E-state index in [0.29, 0.717) is 32.0 Å². The Balaban J connectivity index is 2.23. The average Bonchev–Trinajstić information content (AvgIpc) is 2.29. The van der Waals surface area contributed by atoms with Gasteiger partial charge < -0.3 is 14.4 Å². The second-order valence-electron chi connectivity index (χ2n) is 4.10. The third kappa shape index (κ3) is 1.82. The summed E-state index contributed by atoms with van der Waals surface area (Å²) in [5.41, 5.74) is -0.505. The van der Waals surface area contributed by atoms with Crippen LogP contribution in [0.15, 0.2) is 9.59 Å². The van der Waals surface area contributed by atoms with Gasteiger partial charge in [-0.2, -0.15) is 0 Å². The van der Waals surface area contributed by atoms with E-state index in [2.05, 4.69) is 0 Å². The van der Waals surface area contributed by atoms with Gasteiger partial charge in [0.05, 0.1) is 19.3 Å². The average molecular weight is 225 g/mol. The summed E-state index contributed by atoms with van der Waals surface area (Å²) in [5, 5.41) is 0. The number of rotatable bonds is 3. The molecular weight excluding hydrogens is 210 g/mol. The van der Waals surface area contributed by atoms with Crippen molar-refractivity contribution < 1.29 is 9.47 Å². The molecule has 0 amide bonds. The molecule has 0 aliphatic carbocycles. The molecule has 0 saturated carbocycles. The van der Waals surface area contributed by atoms with Crippen LogP contribution in [0, 0.1) is 0 Å². The zero-order chi connectivity index (χ0) is 11.7. The van der Waals surface area contributed by atoms with Crippen LogP contribution in [0.3, 0.4) is 0 Å². The van der Waals surface area contributed by atoms with Crippen molar-refractivity contribution in [3.8, 4) is 5.75 Å². The Morgan fingerprint density at radius 2 is 1.81 bits per heavy atom. The molecule has 5 heteroatoms. The van der Waals surface area contributed by atoms with E-state index >= 15 is 0 Å². The van der Waals surface area contributed by atoms with Gasteiger partial charge >= 0.3 is 0 Å². The molecule has 1 saturated heterocycles. The Morgan fingerprint density at radius 1 is 1.19 bits per heavy atom. The van der Waals surface area contributed by atoms with Crippen LogP contribution in [0.5, 0.6) is 5.75 Å². The molecule has 0 bridgehead atoms. The SMILES string of the molecule is CC(C)Oc1c(N2CCOCC2)c(=O)c1=O. The monoisotopic (exact) mass is 225 g/mol. The summed E-state index contributed by atoms with van der Waals surface area (Å²) in [5.74, 6) is 0.224. The van der Waals surface area contributed by atoms with E-state index in [-0.39, 0.29) is 11.9 Å². The minimum atomic E-state index is -0.504. The van der Waals surface area contributed by atoms with Crippen molar-refractivity contribution in [3.05, 3.63) is 20.4 Å². The topological polar surface area (TPSA) is 55.8 Å². The molecule has 1 heterocycles. The summed E-state index contributed by atoms with van der Waals surface area (Å²) in [6.45, 7) is 6.11. The van der Waals surface area contributed by atoms with Crippen molar-refractivity contribution in [2.24, 2.45) is 0 Å². The first-order chi connectivity index (χ1) is 7.61. The number of anilines is 1. The highest BCUT2D eigenvalue weighted by molar-refractivity contribution is 5.64. The highest BCUT2D eigenvalue weighted by atomic mass is 16.5. The van der Waals surface area contributed by atoms with Crippen LogP contribution < -0.4 is 20.5 Å². The second kappa shape index (κ2) is 4.25. The number of nitrogens with zero attached hydrogens (tertiary/aromatic N) is 1. The molecule has 1 fully saturated rings. The van der Waals surface area contributed by atoms with Gasteiger partial charge in [0.2, 0.25) is 0 Å². The zero-order valence-electron chi connectivity index (χ0n) is 9.49. The summed E-state index contributed by atoms with van der Waals surface area (Å²) in [4.78, 5) is 24.7.